The number of hydrogen-bond donors (Lipinski definition) is 2. The predicted molar refractivity (Wildman–Crippen MR) is 140 cm³/mol. The van der Waals surface area contributed by atoms with Gasteiger partial charge in [0.15, 0.2) is 0 Å². The predicted octanol–water partition coefficient (Wildman–Crippen LogP) is 4.34. The Balaban J connectivity index is 1.13. The lowest BCUT2D eigenvalue weighted by Gasteiger charge is -2.45. The molecule has 0 bridgehead atoms. The average molecular weight is 512 g/mol. The van der Waals surface area contributed by atoms with E-state index in [4.69, 9.17) is 0 Å². The van der Waals surface area contributed by atoms with Gasteiger partial charge in [-0.3, -0.25) is 4.90 Å². The van der Waals surface area contributed by atoms with Gasteiger partial charge in [0.05, 0.1) is 5.56 Å². The lowest BCUT2D eigenvalue weighted by Crippen LogP contribution is -2.62. The van der Waals surface area contributed by atoms with E-state index in [1.165, 1.54) is 23.3 Å². The van der Waals surface area contributed by atoms with Crippen molar-refractivity contribution in [3.05, 3.63) is 54.0 Å². The number of H-pyrrole nitrogens is 1. The van der Waals surface area contributed by atoms with Crippen molar-refractivity contribution in [3.8, 4) is 0 Å². The maximum Gasteiger partial charge on any atom is 0.318 e. The number of piperidine rings is 1. The lowest BCUT2D eigenvalue weighted by atomic mass is 10.0. The van der Waals surface area contributed by atoms with Crippen LogP contribution in [0.4, 0.5) is 19.5 Å². The molecule has 2 aromatic heterocycles. The second-order valence-electron chi connectivity index (χ2n) is 10.5. The third-order valence-corrected chi connectivity index (χ3v) is 7.58. The summed E-state index contributed by atoms with van der Waals surface area (Å²) in [5.74, 6) is -2.56. The van der Waals surface area contributed by atoms with Crippen molar-refractivity contribution >= 4 is 22.9 Å². The Morgan fingerprint density at radius 2 is 1.78 bits per heavy atom. The molecule has 0 spiro atoms. The Morgan fingerprint density at radius 1 is 1.11 bits per heavy atom. The number of nitrogens with one attached hydrogen (secondary N) is 2. The Bertz CT molecular complexity index is 1210. The molecule has 2 N–H and O–H groups in total. The summed E-state index contributed by atoms with van der Waals surface area (Å²) in [4.78, 5) is 31.1. The maximum atomic E-state index is 13.5. The molecule has 10 heteroatoms. The van der Waals surface area contributed by atoms with Crippen LogP contribution in [0.25, 0.3) is 10.9 Å². The van der Waals surface area contributed by atoms with Crippen molar-refractivity contribution < 1.29 is 13.6 Å². The molecule has 2 saturated heterocycles. The molecule has 198 valence electrons. The van der Waals surface area contributed by atoms with Crippen molar-refractivity contribution in [2.45, 2.75) is 64.2 Å². The molecule has 2 aliphatic heterocycles. The number of urea groups is 1. The number of anilines is 1. The molecule has 2 aliphatic rings. The van der Waals surface area contributed by atoms with E-state index in [0.717, 1.165) is 44.9 Å². The largest absolute Gasteiger partial charge is 0.361 e. The van der Waals surface area contributed by atoms with Crippen molar-refractivity contribution in [3.63, 3.8) is 0 Å². The number of halogens is 2. The summed E-state index contributed by atoms with van der Waals surface area (Å²) < 4.78 is 27.0. The van der Waals surface area contributed by atoms with Gasteiger partial charge in [0, 0.05) is 87.3 Å². The second-order valence-corrected chi connectivity index (χ2v) is 10.5. The number of fused-ring (bicyclic) bond motifs is 1. The minimum absolute atomic E-state index is 0.0444. The number of amides is 2. The van der Waals surface area contributed by atoms with E-state index in [9.17, 15) is 13.6 Å². The van der Waals surface area contributed by atoms with Crippen LogP contribution in [0.3, 0.4) is 0 Å². The molecule has 1 aromatic carbocycles. The molecule has 4 heterocycles. The number of aromatic amines is 1. The van der Waals surface area contributed by atoms with Gasteiger partial charge >= 0.3 is 6.03 Å². The van der Waals surface area contributed by atoms with Gasteiger partial charge in [0.1, 0.15) is 0 Å². The van der Waals surface area contributed by atoms with Crippen LogP contribution in [0.1, 0.15) is 44.7 Å². The van der Waals surface area contributed by atoms with Crippen LogP contribution < -0.4 is 10.2 Å². The zero-order valence-corrected chi connectivity index (χ0v) is 21.6. The summed E-state index contributed by atoms with van der Waals surface area (Å²) in [6.45, 7) is 8.71. The lowest BCUT2D eigenvalue weighted by molar-refractivity contribution is 0.0167. The number of likely N-dealkylation sites (tertiary alicyclic amines) is 1. The topological polar surface area (TPSA) is 80.4 Å². The summed E-state index contributed by atoms with van der Waals surface area (Å²) in [6, 6.07) is 8.47. The standard InChI is InChI=1S/C27H35F2N7O/c1-18-15-35(25-31-13-21(14-32-25)27(3,28)29)16-19(2)36(18)26(37)33-22-8-11-34(12-9-22)17-20-5-4-6-24-23(20)7-10-30-24/h4-7,10,13-14,18-19,22,30H,8-9,11-12,15-17H2,1-3H3,(H,33,37)/t18-,19+. The van der Waals surface area contributed by atoms with Crippen LogP contribution in [0, 0.1) is 0 Å². The van der Waals surface area contributed by atoms with Crippen LogP contribution in [-0.4, -0.2) is 75.1 Å². The van der Waals surface area contributed by atoms with Gasteiger partial charge in [-0.15, -0.1) is 0 Å². The fraction of sp³-hybridized carbons (Fsp3) is 0.519. The van der Waals surface area contributed by atoms with Crippen LogP contribution in [0.2, 0.25) is 0 Å². The van der Waals surface area contributed by atoms with Crippen LogP contribution in [-0.2, 0) is 12.5 Å². The number of carbonyl (C=O) groups excluding carboxylic acids is 1. The van der Waals surface area contributed by atoms with Gasteiger partial charge < -0.3 is 20.1 Å². The second kappa shape index (κ2) is 10.2. The highest BCUT2D eigenvalue weighted by molar-refractivity contribution is 5.82. The fourth-order valence-corrected chi connectivity index (χ4v) is 5.61. The third kappa shape index (κ3) is 5.53. The summed E-state index contributed by atoms with van der Waals surface area (Å²) in [5, 5.41) is 4.53. The van der Waals surface area contributed by atoms with E-state index in [1.807, 2.05) is 29.8 Å². The molecule has 0 unspecified atom stereocenters. The Hall–Kier alpha value is -3.27. The van der Waals surface area contributed by atoms with E-state index in [1.54, 1.807) is 0 Å². The van der Waals surface area contributed by atoms with Gasteiger partial charge in [-0.25, -0.2) is 23.5 Å². The number of piperazine rings is 1. The highest BCUT2D eigenvalue weighted by Crippen LogP contribution is 2.27. The summed E-state index contributed by atoms with van der Waals surface area (Å²) >= 11 is 0. The summed E-state index contributed by atoms with van der Waals surface area (Å²) in [6.07, 6.45) is 6.18. The number of nitrogens with zero attached hydrogens (tertiary/aromatic N) is 5. The fourth-order valence-electron chi connectivity index (χ4n) is 5.61. The van der Waals surface area contributed by atoms with Crippen LogP contribution in [0.5, 0.6) is 0 Å². The Morgan fingerprint density at radius 3 is 2.43 bits per heavy atom. The van der Waals surface area contributed by atoms with E-state index < -0.39 is 5.92 Å². The first kappa shape index (κ1) is 25.4. The number of hydrogen-bond acceptors (Lipinski definition) is 5. The minimum atomic E-state index is -2.97. The highest BCUT2D eigenvalue weighted by atomic mass is 19.3. The Labute approximate surface area is 216 Å². The molecule has 37 heavy (non-hydrogen) atoms. The van der Waals surface area contributed by atoms with Gasteiger partial charge in [-0.2, -0.15) is 0 Å². The normalized spacial score (nSPS) is 22.0. The van der Waals surface area contributed by atoms with Crippen LogP contribution in [0.15, 0.2) is 42.9 Å². The molecular formula is C27H35F2N7O. The summed E-state index contributed by atoms with van der Waals surface area (Å²) in [7, 11) is 0. The SMILES string of the molecule is C[C@@H]1CN(c2ncc(C(C)(F)F)cn2)C[C@H](C)N1C(=O)NC1CCN(Cc2cccc3[nH]ccc23)CC1. The first-order valence-corrected chi connectivity index (χ1v) is 13.0. The molecule has 0 radical (unpaired) electrons. The van der Waals surface area contributed by atoms with Crippen molar-refractivity contribution in [1.29, 1.82) is 0 Å². The van der Waals surface area contributed by atoms with Crippen molar-refractivity contribution in [2.24, 2.45) is 0 Å². The molecule has 2 amide bonds. The molecule has 8 nitrogen and oxygen atoms in total. The zero-order chi connectivity index (χ0) is 26.2. The van der Waals surface area contributed by atoms with Gasteiger partial charge in [0.2, 0.25) is 5.95 Å². The van der Waals surface area contributed by atoms with E-state index in [0.29, 0.717) is 19.0 Å². The van der Waals surface area contributed by atoms with Crippen LogP contribution >= 0.6 is 0 Å². The summed E-state index contributed by atoms with van der Waals surface area (Å²) in [5.41, 5.74) is 2.28. The van der Waals surface area contributed by atoms with Gasteiger partial charge in [-0.1, -0.05) is 12.1 Å². The van der Waals surface area contributed by atoms with Gasteiger partial charge in [-0.05, 0) is 44.4 Å². The Kier molecular flexibility index (Phi) is 7.02. The molecule has 0 aliphatic carbocycles. The van der Waals surface area contributed by atoms with Crippen molar-refractivity contribution in [1.82, 2.24) is 30.1 Å². The molecular weight excluding hydrogens is 476 g/mol. The molecule has 0 saturated carbocycles. The van der Waals surface area contributed by atoms with E-state index >= 15 is 0 Å². The molecule has 2 atom stereocenters. The maximum absolute atomic E-state index is 13.5. The number of benzene rings is 1. The third-order valence-electron chi connectivity index (χ3n) is 7.58. The van der Waals surface area contributed by atoms with Crippen molar-refractivity contribution in [2.75, 3.05) is 31.1 Å². The monoisotopic (exact) mass is 511 g/mol. The number of rotatable bonds is 5. The first-order chi connectivity index (χ1) is 17.7. The number of carbonyl (C=O) groups is 1. The number of alkyl halides is 2. The van der Waals surface area contributed by atoms with E-state index in [2.05, 4.69) is 49.4 Å². The molecule has 2 fully saturated rings. The molecule has 3 aromatic rings. The molecule has 5 rings (SSSR count). The number of aromatic nitrogens is 3. The highest BCUT2D eigenvalue weighted by Gasteiger charge is 2.35. The van der Waals surface area contributed by atoms with E-state index in [-0.39, 0.29) is 29.7 Å². The van der Waals surface area contributed by atoms with Gasteiger partial charge in [0.25, 0.3) is 5.92 Å². The smallest absolute Gasteiger partial charge is 0.318 e. The first-order valence-electron chi connectivity index (χ1n) is 13.0. The minimum Gasteiger partial charge on any atom is -0.361 e. The zero-order valence-electron chi connectivity index (χ0n) is 21.6. The average Bonchev–Trinajstić information content (AvgIpc) is 3.34. The quantitative estimate of drug-likeness (QED) is 0.533.